The zero-order valence-electron chi connectivity index (χ0n) is 19.4. The van der Waals surface area contributed by atoms with Crippen LogP contribution >= 0.6 is 23.2 Å². The SMILES string of the molecule is CCOC(=O)c1c(NCCC(=O)c2ccccc2)c2c(Cl)cc(Cl)cc2n1C(=O)OC(C)(C)C. The van der Waals surface area contributed by atoms with Crippen LogP contribution in [0.15, 0.2) is 42.5 Å². The number of nitrogens with one attached hydrogen (secondary N) is 1. The van der Waals surface area contributed by atoms with Gasteiger partial charge in [0.1, 0.15) is 5.60 Å². The number of ketones is 1. The molecule has 0 atom stereocenters. The largest absolute Gasteiger partial charge is 0.461 e. The fourth-order valence-electron chi connectivity index (χ4n) is 3.47. The Kier molecular flexibility index (Phi) is 7.89. The molecule has 0 aliphatic carbocycles. The van der Waals surface area contributed by atoms with Crippen LogP contribution in [0.2, 0.25) is 10.0 Å². The molecular weight excluding hydrogens is 479 g/mol. The Morgan fingerprint density at radius 2 is 1.74 bits per heavy atom. The normalized spacial score (nSPS) is 11.4. The molecule has 1 heterocycles. The van der Waals surface area contributed by atoms with Crippen molar-refractivity contribution in [2.24, 2.45) is 0 Å². The maximum atomic E-state index is 13.2. The molecule has 0 saturated heterocycles. The highest BCUT2D eigenvalue weighted by atomic mass is 35.5. The molecule has 0 bridgehead atoms. The van der Waals surface area contributed by atoms with Gasteiger partial charge >= 0.3 is 12.1 Å². The van der Waals surface area contributed by atoms with Gasteiger partial charge in [-0.3, -0.25) is 4.79 Å². The summed E-state index contributed by atoms with van der Waals surface area (Å²) < 4.78 is 11.9. The molecule has 180 valence electrons. The van der Waals surface area contributed by atoms with Crippen LogP contribution in [0.25, 0.3) is 10.9 Å². The highest BCUT2D eigenvalue weighted by Crippen LogP contribution is 2.39. The third kappa shape index (κ3) is 5.72. The van der Waals surface area contributed by atoms with Crippen molar-refractivity contribution in [3.63, 3.8) is 0 Å². The topological polar surface area (TPSA) is 86.6 Å². The first-order chi connectivity index (χ1) is 16.0. The summed E-state index contributed by atoms with van der Waals surface area (Å²) in [5.41, 5.74) is 0.226. The molecule has 0 aliphatic rings. The molecule has 0 unspecified atom stereocenters. The summed E-state index contributed by atoms with van der Waals surface area (Å²) in [4.78, 5) is 38.7. The number of anilines is 1. The van der Waals surface area contributed by atoms with Crippen molar-refractivity contribution in [3.8, 4) is 0 Å². The lowest BCUT2D eigenvalue weighted by molar-refractivity contribution is 0.0455. The van der Waals surface area contributed by atoms with Gasteiger partial charge in [0.2, 0.25) is 0 Å². The minimum absolute atomic E-state index is 0.0733. The van der Waals surface area contributed by atoms with Gasteiger partial charge in [0.15, 0.2) is 11.5 Å². The molecule has 0 saturated carbocycles. The van der Waals surface area contributed by atoms with Crippen LogP contribution in [-0.2, 0) is 9.47 Å². The highest BCUT2D eigenvalue weighted by molar-refractivity contribution is 6.40. The van der Waals surface area contributed by atoms with E-state index in [9.17, 15) is 14.4 Å². The predicted octanol–water partition coefficient (Wildman–Crippen LogP) is 6.59. The van der Waals surface area contributed by atoms with Crippen LogP contribution in [0.1, 0.15) is 55.0 Å². The molecule has 1 N–H and O–H groups in total. The van der Waals surface area contributed by atoms with Crippen molar-refractivity contribution in [3.05, 3.63) is 63.8 Å². The van der Waals surface area contributed by atoms with Crippen molar-refractivity contribution >= 4 is 57.6 Å². The Balaban J connectivity index is 2.09. The first kappa shape index (κ1) is 25.6. The Morgan fingerprint density at radius 3 is 2.35 bits per heavy atom. The number of carbonyl (C=O) groups excluding carboxylic acids is 3. The number of hydrogen-bond donors (Lipinski definition) is 1. The van der Waals surface area contributed by atoms with Gasteiger partial charge in [-0.05, 0) is 39.8 Å². The number of hydrogen-bond acceptors (Lipinski definition) is 6. The average Bonchev–Trinajstić information content (AvgIpc) is 3.07. The van der Waals surface area contributed by atoms with Gasteiger partial charge in [0, 0.05) is 28.9 Å². The van der Waals surface area contributed by atoms with Crippen LogP contribution in [-0.4, -0.2) is 41.2 Å². The molecule has 0 radical (unpaired) electrons. The van der Waals surface area contributed by atoms with Crippen molar-refractivity contribution in [2.45, 2.75) is 39.7 Å². The summed E-state index contributed by atoms with van der Waals surface area (Å²) in [6.07, 6.45) is -0.636. The quantitative estimate of drug-likeness (QED) is 0.288. The van der Waals surface area contributed by atoms with E-state index in [4.69, 9.17) is 32.7 Å². The van der Waals surface area contributed by atoms with Gasteiger partial charge in [-0.2, -0.15) is 0 Å². The molecular formula is C25H26Cl2N2O5. The summed E-state index contributed by atoms with van der Waals surface area (Å²) in [5, 5.41) is 4.02. The van der Waals surface area contributed by atoms with Crippen LogP contribution < -0.4 is 5.32 Å². The average molecular weight is 505 g/mol. The smallest absolute Gasteiger partial charge is 0.419 e. The van der Waals surface area contributed by atoms with E-state index >= 15 is 0 Å². The lowest BCUT2D eigenvalue weighted by Crippen LogP contribution is -2.29. The monoisotopic (exact) mass is 504 g/mol. The fourth-order valence-corrected chi connectivity index (χ4v) is 4.04. The number of Topliss-reactive ketones (excluding diaryl/α,β-unsaturated/α-hetero) is 1. The maximum absolute atomic E-state index is 13.2. The van der Waals surface area contributed by atoms with Crippen molar-refractivity contribution in [1.29, 1.82) is 0 Å². The first-order valence-corrected chi connectivity index (χ1v) is 11.5. The number of esters is 1. The minimum Gasteiger partial charge on any atom is -0.461 e. The van der Waals surface area contributed by atoms with Crippen LogP contribution in [0.4, 0.5) is 10.5 Å². The highest BCUT2D eigenvalue weighted by Gasteiger charge is 2.31. The number of aromatic nitrogens is 1. The summed E-state index contributed by atoms with van der Waals surface area (Å²) >= 11 is 12.7. The molecule has 0 fully saturated rings. The van der Waals surface area contributed by atoms with Gasteiger partial charge in [0.05, 0.1) is 22.8 Å². The van der Waals surface area contributed by atoms with Gasteiger partial charge in [0.25, 0.3) is 0 Å². The van der Waals surface area contributed by atoms with E-state index in [-0.39, 0.29) is 52.3 Å². The van der Waals surface area contributed by atoms with E-state index in [1.54, 1.807) is 52.0 Å². The Morgan fingerprint density at radius 1 is 1.06 bits per heavy atom. The van der Waals surface area contributed by atoms with Crippen LogP contribution in [0, 0.1) is 0 Å². The third-order valence-corrected chi connectivity index (χ3v) is 5.30. The second-order valence-corrected chi connectivity index (χ2v) is 9.35. The number of ether oxygens (including phenoxy) is 2. The van der Waals surface area contributed by atoms with E-state index in [1.165, 1.54) is 12.1 Å². The van der Waals surface area contributed by atoms with Crippen molar-refractivity contribution in [1.82, 2.24) is 4.57 Å². The Hall–Kier alpha value is -3.03. The van der Waals surface area contributed by atoms with Gasteiger partial charge in [-0.15, -0.1) is 0 Å². The summed E-state index contributed by atoms with van der Waals surface area (Å²) in [6, 6.07) is 11.9. The van der Waals surface area contributed by atoms with E-state index in [1.807, 2.05) is 6.07 Å². The predicted molar refractivity (Wildman–Crippen MR) is 133 cm³/mol. The van der Waals surface area contributed by atoms with Crippen molar-refractivity contribution < 1.29 is 23.9 Å². The van der Waals surface area contributed by atoms with Gasteiger partial charge in [-0.25, -0.2) is 14.2 Å². The molecule has 9 heteroatoms. The zero-order valence-corrected chi connectivity index (χ0v) is 20.9. The molecule has 34 heavy (non-hydrogen) atoms. The van der Waals surface area contributed by atoms with E-state index < -0.39 is 17.7 Å². The maximum Gasteiger partial charge on any atom is 0.419 e. The minimum atomic E-state index is -0.822. The number of benzene rings is 2. The Bertz CT molecular complexity index is 1230. The molecule has 3 aromatic rings. The number of carbonyl (C=O) groups is 3. The molecule has 7 nitrogen and oxygen atoms in total. The van der Waals surface area contributed by atoms with Crippen LogP contribution in [0.5, 0.6) is 0 Å². The summed E-state index contributed by atoms with van der Waals surface area (Å²) in [6.45, 7) is 7.09. The zero-order chi connectivity index (χ0) is 25.0. The van der Waals surface area contributed by atoms with E-state index in [2.05, 4.69) is 5.32 Å². The number of rotatable bonds is 7. The van der Waals surface area contributed by atoms with E-state index in [0.29, 0.717) is 10.9 Å². The standard InChI is InChI=1S/C25H26Cl2N2O5/c1-5-33-23(31)22-21(28-12-11-19(30)15-9-7-6-8-10-15)20-17(27)13-16(26)14-18(20)29(22)24(32)34-25(2,3)4/h6-10,13-14,28H,5,11-12H2,1-4H3. The fraction of sp³-hybridized carbons (Fsp3) is 0.320. The second kappa shape index (κ2) is 10.5. The summed E-state index contributed by atoms with van der Waals surface area (Å²) in [7, 11) is 0. The molecule has 3 rings (SSSR count). The summed E-state index contributed by atoms with van der Waals surface area (Å²) in [5.74, 6) is -0.815. The van der Waals surface area contributed by atoms with E-state index in [0.717, 1.165) is 4.57 Å². The molecule has 2 aromatic carbocycles. The van der Waals surface area contributed by atoms with Gasteiger partial charge in [-0.1, -0.05) is 53.5 Å². The lowest BCUT2D eigenvalue weighted by atomic mass is 10.1. The number of nitrogens with zero attached hydrogens (tertiary/aromatic N) is 1. The third-order valence-electron chi connectivity index (χ3n) is 4.78. The lowest BCUT2D eigenvalue weighted by Gasteiger charge is -2.20. The first-order valence-electron chi connectivity index (χ1n) is 10.8. The van der Waals surface area contributed by atoms with Crippen molar-refractivity contribution in [2.75, 3.05) is 18.5 Å². The second-order valence-electron chi connectivity index (χ2n) is 8.51. The molecule has 0 spiro atoms. The molecule has 1 aromatic heterocycles. The molecule has 0 amide bonds. The number of fused-ring (bicyclic) bond motifs is 1. The number of halogens is 2. The van der Waals surface area contributed by atoms with Gasteiger partial charge < -0.3 is 14.8 Å². The molecule has 0 aliphatic heterocycles. The van der Waals surface area contributed by atoms with Crippen LogP contribution in [0.3, 0.4) is 0 Å². The Labute approximate surface area is 207 Å².